The summed E-state index contributed by atoms with van der Waals surface area (Å²) in [7, 11) is 0. The molecule has 2 rings (SSSR count). The molecule has 0 spiro atoms. The Balaban J connectivity index is 2.08. The molecule has 20 heavy (non-hydrogen) atoms. The highest BCUT2D eigenvalue weighted by atomic mass is 16.5. The van der Waals surface area contributed by atoms with Crippen LogP contribution in [-0.2, 0) is 6.42 Å². The number of pyridine rings is 1. The molecule has 4 heteroatoms. The van der Waals surface area contributed by atoms with Gasteiger partial charge in [0.05, 0.1) is 23.8 Å². The summed E-state index contributed by atoms with van der Waals surface area (Å²) >= 11 is 0. The number of ether oxygens (including phenoxy) is 1. The van der Waals surface area contributed by atoms with E-state index < -0.39 is 0 Å². The van der Waals surface area contributed by atoms with E-state index in [4.69, 9.17) is 10.00 Å². The molecule has 1 aromatic heterocycles. The molecule has 0 atom stereocenters. The lowest BCUT2D eigenvalue weighted by Gasteiger charge is -2.10. The van der Waals surface area contributed by atoms with E-state index in [1.807, 2.05) is 24.3 Å². The van der Waals surface area contributed by atoms with Gasteiger partial charge in [-0.1, -0.05) is 6.07 Å². The normalized spacial score (nSPS) is 9.80. The van der Waals surface area contributed by atoms with Crippen molar-refractivity contribution in [2.24, 2.45) is 0 Å². The van der Waals surface area contributed by atoms with Gasteiger partial charge >= 0.3 is 0 Å². The number of nitriles is 1. The Morgan fingerprint density at radius 1 is 1.35 bits per heavy atom. The molecule has 0 bridgehead atoms. The zero-order valence-electron chi connectivity index (χ0n) is 11.2. The van der Waals surface area contributed by atoms with Crippen molar-refractivity contribution in [3.05, 3.63) is 59.4 Å². The maximum Gasteiger partial charge on any atom is 0.163 e. The van der Waals surface area contributed by atoms with Gasteiger partial charge in [-0.15, -0.1) is 0 Å². The first-order chi connectivity index (χ1) is 9.70. The Labute approximate surface area is 117 Å². The fourth-order valence-electron chi connectivity index (χ4n) is 1.81. The second-order valence-corrected chi connectivity index (χ2v) is 4.30. The van der Waals surface area contributed by atoms with Gasteiger partial charge in [0.1, 0.15) is 5.75 Å². The van der Waals surface area contributed by atoms with Crippen molar-refractivity contribution < 1.29 is 9.53 Å². The highest BCUT2D eigenvalue weighted by Gasteiger charge is 2.09. The molecule has 0 radical (unpaired) electrons. The zero-order valence-corrected chi connectivity index (χ0v) is 11.2. The van der Waals surface area contributed by atoms with Crippen LogP contribution in [-0.4, -0.2) is 17.4 Å². The molecule has 0 unspecified atom stereocenters. The molecule has 100 valence electrons. The Kier molecular flexibility index (Phi) is 4.46. The van der Waals surface area contributed by atoms with Crippen LogP contribution in [0.2, 0.25) is 0 Å². The Hall–Kier alpha value is -2.67. The van der Waals surface area contributed by atoms with Crippen LogP contribution in [0, 0.1) is 11.3 Å². The summed E-state index contributed by atoms with van der Waals surface area (Å²) in [5.41, 5.74) is 1.89. The number of hydrogen-bond acceptors (Lipinski definition) is 4. The monoisotopic (exact) mass is 266 g/mol. The fraction of sp³-hybridized carbons (Fsp3) is 0.188. The van der Waals surface area contributed by atoms with Crippen LogP contribution >= 0.6 is 0 Å². The third kappa shape index (κ3) is 3.42. The van der Waals surface area contributed by atoms with E-state index in [1.165, 1.54) is 6.92 Å². The number of hydrogen-bond donors (Lipinski definition) is 0. The maximum atomic E-state index is 11.5. The molecule has 0 N–H and O–H groups in total. The third-order valence-corrected chi connectivity index (χ3v) is 2.83. The van der Waals surface area contributed by atoms with E-state index in [0.29, 0.717) is 29.9 Å². The van der Waals surface area contributed by atoms with Crippen LogP contribution in [0.4, 0.5) is 0 Å². The second kappa shape index (κ2) is 6.48. The van der Waals surface area contributed by atoms with Gasteiger partial charge < -0.3 is 4.74 Å². The molecular weight excluding hydrogens is 252 g/mol. The van der Waals surface area contributed by atoms with E-state index in [2.05, 4.69) is 4.98 Å². The molecule has 1 heterocycles. The summed E-state index contributed by atoms with van der Waals surface area (Å²) in [6, 6.07) is 12.6. The van der Waals surface area contributed by atoms with Crippen LogP contribution in [0.3, 0.4) is 0 Å². The van der Waals surface area contributed by atoms with Crippen LogP contribution in [0.15, 0.2) is 42.6 Å². The first-order valence-electron chi connectivity index (χ1n) is 6.28. The molecular formula is C16H14N2O2. The molecule has 1 aromatic carbocycles. The molecule has 0 saturated heterocycles. The Morgan fingerprint density at radius 2 is 2.20 bits per heavy atom. The van der Waals surface area contributed by atoms with Crippen LogP contribution in [0.25, 0.3) is 0 Å². The van der Waals surface area contributed by atoms with Gasteiger partial charge in [0.25, 0.3) is 0 Å². The fourth-order valence-corrected chi connectivity index (χ4v) is 1.81. The number of carbonyl (C=O) groups is 1. The molecule has 0 aliphatic carbocycles. The minimum absolute atomic E-state index is 0.0812. The van der Waals surface area contributed by atoms with Crippen LogP contribution < -0.4 is 4.74 Å². The first-order valence-corrected chi connectivity index (χ1v) is 6.28. The van der Waals surface area contributed by atoms with Crippen molar-refractivity contribution in [2.75, 3.05) is 6.61 Å². The highest BCUT2D eigenvalue weighted by Crippen LogP contribution is 2.21. The van der Waals surface area contributed by atoms with Crippen LogP contribution in [0.5, 0.6) is 5.75 Å². The summed E-state index contributed by atoms with van der Waals surface area (Å²) in [6.45, 7) is 1.89. The van der Waals surface area contributed by atoms with E-state index in [1.54, 1.807) is 24.4 Å². The average Bonchev–Trinajstić information content (AvgIpc) is 2.48. The summed E-state index contributed by atoms with van der Waals surface area (Å²) < 4.78 is 5.63. The number of carbonyl (C=O) groups excluding carboxylic acids is 1. The summed E-state index contributed by atoms with van der Waals surface area (Å²) in [4.78, 5) is 15.7. The number of aromatic nitrogens is 1. The number of rotatable bonds is 5. The SMILES string of the molecule is CC(=O)c1ccc(C#N)cc1OCCc1ccccn1. The molecule has 0 aliphatic heterocycles. The zero-order chi connectivity index (χ0) is 14.4. The smallest absolute Gasteiger partial charge is 0.163 e. The van der Waals surface area contributed by atoms with Gasteiger partial charge in [0, 0.05) is 18.3 Å². The second-order valence-electron chi connectivity index (χ2n) is 4.30. The Bertz CT molecular complexity index is 645. The van der Waals surface area contributed by atoms with E-state index in [9.17, 15) is 4.79 Å². The van der Waals surface area contributed by atoms with Crippen molar-refractivity contribution >= 4 is 5.78 Å². The lowest BCUT2D eigenvalue weighted by Crippen LogP contribution is -2.06. The maximum absolute atomic E-state index is 11.5. The lowest BCUT2D eigenvalue weighted by atomic mass is 10.1. The van der Waals surface area contributed by atoms with Crippen molar-refractivity contribution in [2.45, 2.75) is 13.3 Å². The van der Waals surface area contributed by atoms with Gasteiger partial charge in [-0.2, -0.15) is 5.26 Å². The van der Waals surface area contributed by atoms with Crippen molar-refractivity contribution in [3.63, 3.8) is 0 Å². The molecule has 0 saturated carbocycles. The van der Waals surface area contributed by atoms with E-state index >= 15 is 0 Å². The number of nitrogens with zero attached hydrogens (tertiary/aromatic N) is 2. The molecule has 2 aromatic rings. The molecule has 0 aliphatic rings. The van der Waals surface area contributed by atoms with Gasteiger partial charge in [-0.3, -0.25) is 9.78 Å². The minimum Gasteiger partial charge on any atom is -0.492 e. The van der Waals surface area contributed by atoms with E-state index in [0.717, 1.165) is 5.69 Å². The van der Waals surface area contributed by atoms with E-state index in [-0.39, 0.29) is 5.78 Å². The highest BCUT2D eigenvalue weighted by molar-refractivity contribution is 5.97. The van der Waals surface area contributed by atoms with Gasteiger partial charge in [-0.25, -0.2) is 0 Å². The van der Waals surface area contributed by atoms with Gasteiger partial charge in [0.2, 0.25) is 0 Å². The predicted molar refractivity (Wildman–Crippen MR) is 74.6 cm³/mol. The quantitative estimate of drug-likeness (QED) is 0.781. The summed E-state index contributed by atoms with van der Waals surface area (Å²) in [5.74, 6) is 0.370. The standard InChI is InChI=1S/C16H14N2O2/c1-12(19)15-6-5-13(11-17)10-16(15)20-9-7-14-4-2-3-8-18-14/h2-6,8,10H,7,9H2,1H3. The average molecular weight is 266 g/mol. The first kappa shape index (κ1) is 13.8. The molecule has 0 amide bonds. The molecule has 0 fully saturated rings. The number of Topliss-reactive ketones (excluding diaryl/α,β-unsaturated/α-hetero) is 1. The van der Waals surface area contributed by atoms with Crippen molar-refractivity contribution in [3.8, 4) is 11.8 Å². The third-order valence-electron chi connectivity index (χ3n) is 2.83. The largest absolute Gasteiger partial charge is 0.492 e. The van der Waals surface area contributed by atoms with Crippen molar-refractivity contribution in [1.82, 2.24) is 4.98 Å². The van der Waals surface area contributed by atoms with Gasteiger partial charge in [0.15, 0.2) is 5.78 Å². The topological polar surface area (TPSA) is 63.0 Å². The molecule has 4 nitrogen and oxygen atoms in total. The minimum atomic E-state index is -0.0812. The summed E-state index contributed by atoms with van der Waals surface area (Å²) in [6.07, 6.45) is 2.38. The van der Waals surface area contributed by atoms with Crippen molar-refractivity contribution in [1.29, 1.82) is 5.26 Å². The predicted octanol–water partition coefficient (Wildman–Crippen LogP) is 2.78. The number of benzene rings is 1. The Morgan fingerprint density at radius 3 is 2.85 bits per heavy atom. The summed E-state index contributed by atoms with van der Waals surface area (Å²) in [5, 5.41) is 8.89. The number of ketones is 1. The van der Waals surface area contributed by atoms with Crippen LogP contribution in [0.1, 0.15) is 28.5 Å². The lowest BCUT2D eigenvalue weighted by molar-refractivity contribution is 0.101. The van der Waals surface area contributed by atoms with Gasteiger partial charge in [-0.05, 0) is 37.3 Å².